The first-order chi connectivity index (χ1) is 9.15. The van der Waals surface area contributed by atoms with E-state index in [0.717, 1.165) is 33.3 Å². The molecule has 19 heavy (non-hydrogen) atoms. The summed E-state index contributed by atoms with van der Waals surface area (Å²) in [5, 5.41) is 10.6. The molecule has 1 N–H and O–H groups in total. The zero-order valence-electron chi connectivity index (χ0n) is 10.7. The number of hydrogen-bond acceptors (Lipinski definition) is 2. The SMILES string of the molecule is Cc1ccc(C(O)c2cc(Br)cc3c2OCC3)cc1. The summed E-state index contributed by atoms with van der Waals surface area (Å²) in [6.45, 7) is 2.73. The van der Waals surface area contributed by atoms with E-state index >= 15 is 0 Å². The van der Waals surface area contributed by atoms with Crippen molar-refractivity contribution >= 4 is 15.9 Å². The summed E-state index contributed by atoms with van der Waals surface area (Å²) in [5.74, 6) is 0.844. The van der Waals surface area contributed by atoms with Crippen LogP contribution in [0.3, 0.4) is 0 Å². The van der Waals surface area contributed by atoms with Gasteiger partial charge in [-0.3, -0.25) is 0 Å². The minimum Gasteiger partial charge on any atom is -0.493 e. The second-order valence-corrected chi connectivity index (χ2v) is 5.81. The molecule has 0 aliphatic carbocycles. The number of rotatable bonds is 2. The molecule has 3 heteroatoms. The third kappa shape index (κ3) is 2.40. The zero-order valence-corrected chi connectivity index (χ0v) is 12.3. The van der Waals surface area contributed by atoms with E-state index in [1.807, 2.05) is 37.3 Å². The third-order valence-electron chi connectivity index (χ3n) is 3.46. The summed E-state index contributed by atoms with van der Waals surface area (Å²) < 4.78 is 6.65. The summed E-state index contributed by atoms with van der Waals surface area (Å²) in [7, 11) is 0. The van der Waals surface area contributed by atoms with Crippen LogP contribution in [0, 0.1) is 6.92 Å². The van der Waals surface area contributed by atoms with Crippen LogP contribution in [0.4, 0.5) is 0 Å². The molecule has 2 aromatic carbocycles. The molecule has 1 aliphatic heterocycles. The monoisotopic (exact) mass is 318 g/mol. The van der Waals surface area contributed by atoms with Crippen molar-refractivity contribution in [2.24, 2.45) is 0 Å². The highest BCUT2D eigenvalue weighted by Gasteiger charge is 2.22. The molecule has 0 fully saturated rings. The van der Waals surface area contributed by atoms with Gasteiger partial charge in [-0.25, -0.2) is 0 Å². The van der Waals surface area contributed by atoms with E-state index in [-0.39, 0.29) is 0 Å². The van der Waals surface area contributed by atoms with Crippen molar-refractivity contribution in [3.63, 3.8) is 0 Å². The number of halogens is 1. The fraction of sp³-hybridized carbons (Fsp3) is 0.250. The molecule has 0 amide bonds. The molecule has 0 saturated heterocycles. The van der Waals surface area contributed by atoms with Crippen LogP contribution in [0.5, 0.6) is 5.75 Å². The molecular weight excluding hydrogens is 304 g/mol. The van der Waals surface area contributed by atoms with Crippen LogP contribution in [-0.4, -0.2) is 11.7 Å². The Kier molecular flexibility index (Phi) is 3.33. The molecular formula is C16H15BrO2. The number of hydrogen-bond donors (Lipinski definition) is 1. The van der Waals surface area contributed by atoms with Gasteiger partial charge in [0, 0.05) is 16.5 Å². The first kappa shape index (κ1) is 12.7. The fourth-order valence-corrected chi connectivity index (χ4v) is 2.95. The Morgan fingerprint density at radius 1 is 1.21 bits per heavy atom. The highest BCUT2D eigenvalue weighted by Crippen LogP contribution is 2.38. The summed E-state index contributed by atoms with van der Waals surface area (Å²) in [5.41, 5.74) is 4.08. The van der Waals surface area contributed by atoms with Crippen LogP contribution < -0.4 is 4.74 Å². The molecule has 98 valence electrons. The fourth-order valence-electron chi connectivity index (χ4n) is 2.43. The maximum absolute atomic E-state index is 10.6. The molecule has 0 saturated carbocycles. The number of ether oxygens (including phenoxy) is 1. The molecule has 1 atom stereocenters. The topological polar surface area (TPSA) is 29.5 Å². The molecule has 0 radical (unpaired) electrons. The van der Waals surface area contributed by atoms with Gasteiger partial charge in [-0.05, 0) is 30.2 Å². The highest BCUT2D eigenvalue weighted by atomic mass is 79.9. The Balaban J connectivity index is 2.04. The van der Waals surface area contributed by atoms with Crippen LogP contribution in [-0.2, 0) is 6.42 Å². The summed E-state index contributed by atoms with van der Waals surface area (Å²) in [6.07, 6.45) is 0.257. The molecule has 0 aromatic heterocycles. The van der Waals surface area contributed by atoms with E-state index in [9.17, 15) is 5.11 Å². The van der Waals surface area contributed by atoms with E-state index in [0.29, 0.717) is 6.61 Å². The maximum atomic E-state index is 10.6. The van der Waals surface area contributed by atoms with Crippen LogP contribution >= 0.6 is 15.9 Å². The summed E-state index contributed by atoms with van der Waals surface area (Å²) in [4.78, 5) is 0. The molecule has 0 spiro atoms. The lowest BCUT2D eigenvalue weighted by molar-refractivity contribution is 0.213. The normalized spacial score (nSPS) is 14.9. The number of aliphatic hydroxyl groups is 1. The average Bonchev–Trinajstić information content (AvgIpc) is 2.85. The smallest absolute Gasteiger partial charge is 0.128 e. The Labute approximate surface area is 121 Å². The van der Waals surface area contributed by atoms with Crippen molar-refractivity contribution in [1.82, 2.24) is 0 Å². The Morgan fingerprint density at radius 2 is 1.95 bits per heavy atom. The maximum Gasteiger partial charge on any atom is 0.128 e. The highest BCUT2D eigenvalue weighted by molar-refractivity contribution is 9.10. The summed E-state index contributed by atoms with van der Waals surface area (Å²) in [6, 6.07) is 11.9. The van der Waals surface area contributed by atoms with Gasteiger partial charge in [0.15, 0.2) is 0 Å². The van der Waals surface area contributed by atoms with Crippen molar-refractivity contribution < 1.29 is 9.84 Å². The Hall–Kier alpha value is -1.32. The second kappa shape index (κ2) is 4.99. The largest absolute Gasteiger partial charge is 0.493 e. The molecule has 2 nitrogen and oxygen atoms in total. The van der Waals surface area contributed by atoms with E-state index < -0.39 is 6.10 Å². The first-order valence-electron chi connectivity index (χ1n) is 6.35. The van der Waals surface area contributed by atoms with Crippen molar-refractivity contribution in [2.45, 2.75) is 19.4 Å². The van der Waals surface area contributed by atoms with Gasteiger partial charge in [-0.2, -0.15) is 0 Å². The van der Waals surface area contributed by atoms with Crippen LogP contribution in [0.25, 0.3) is 0 Å². The quantitative estimate of drug-likeness (QED) is 0.913. The van der Waals surface area contributed by atoms with Gasteiger partial charge in [0.25, 0.3) is 0 Å². The molecule has 0 bridgehead atoms. The number of benzene rings is 2. The van der Waals surface area contributed by atoms with Gasteiger partial charge in [0.1, 0.15) is 11.9 Å². The Morgan fingerprint density at radius 3 is 2.68 bits per heavy atom. The van der Waals surface area contributed by atoms with Crippen molar-refractivity contribution in [1.29, 1.82) is 0 Å². The minimum atomic E-state index is -0.648. The average molecular weight is 319 g/mol. The van der Waals surface area contributed by atoms with Crippen molar-refractivity contribution in [2.75, 3.05) is 6.61 Å². The lowest BCUT2D eigenvalue weighted by Crippen LogP contribution is -2.02. The number of aliphatic hydroxyl groups excluding tert-OH is 1. The predicted molar refractivity (Wildman–Crippen MR) is 78.6 cm³/mol. The van der Waals surface area contributed by atoms with Gasteiger partial charge in [0.2, 0.25) is 0 Å². The lowest BCUT2D eigenvalue weighted by Gasteiger charge is -2.16. The summed E-state index contributed by atoms with van der Waals surface area (Å²) >= 11 is 3.50. The Bertz CT molecular complexity index is 605. The van der Waals surface area contributed by atoms with E-state index in [1.165, 1.54) is 5.56 Å². The van der Waals surface area contributed by atoms with Gasteiger partial charge in [-0.15, -0.1) is 0 Å². The van der Waals surface area contributed by atoms with Crippen LogP contribution in [0.1, 0.15) is 28.4 Å². The van der Waals surface area contributed by atoms with E-state index in [1.54, 1.807) is 0 Å². The van der Waals surface area contributed by atoms with Gasteiger partial charge in [0.05, 0.1) is 6.61 Å². The van der Waals surface area contributed by atoms with Gasteiger partial charge < -0.3 is 9.84 Å². The molecule has 1 heterocycles. The van der Waals surface area contributed by atoms with E-state index in [4.69, 9.17) is 4.74 Å². The minimum absolute atomic E-state index is 0.648. The van der Waals surface area contributed by atoms with Gasteiger partial charge in [-0.1, -0.05) is 45.8 Å². The molecule has 2 aromatic rings. The number of fused-ring (bicyclic) bond motifs is 1. The van der Waals surface area contributed by atoms with Gasteiger partial charge >= 0.3 is 0 Å². The molecule has 1 aliphatic rings. The van der Waals surface area contributed by atoms with Crippen LogP contribution in [0.15, 0.2) is 40.9 Å². The van der Waals surface area contributed by atoms with E-state index in [2.05, 4.69) is 22.0 Å². The van der Waals surface area contributed by atoms with Crippen molar-refractivity contribution in [3.8, 4) is 5.75 Å². The zero-order chi connectivity index (χ0) is 13.4. The predicted octanol–water partition coefficient (Wildman–Crippen LogP) is 3.77. The number of aryl methyl sites for hydroxylation is 1. The molecule has 3 rings (SSSR count). The lowest BCUT2D eigenvalue weighted by atomic mass is 9.97. The van der Waals surface area contributed by atoms with Crippen molar-refractivity contribution in [3.05, 3.63) is 63.1 Å². The van der Waals surface area contributed by atoms with Crippen LogP contribution in [0.2, 0.25) is 0 Å². The first-order valence-corrected chi connectivity index (χ1v) is 7.14. The standard InChI is InChI=1S/C16H15BrO2/c1-10-2-4-11(5-3-10)15(18)14-9-13(17)8-12-6-7-19-16(12)14/h2-5,8-9,15,18H,6-7H2,1H3. The second-order valence-electron chi connectivity index (χ2n) is 4.89. The third-order valence-corrected chi connectivity index (χ3v) is 3.92. The molecule has 1 unspecified atom stereocenters.